The summed E-state index contributed by atoms with van der Waals surface area (Å²) in [6.07, 6.45) is -0.0258. The van der Waals surface area contributed by atoms with Gasteiger partial charge in [-0.25, -0.2) is 9.97 Å². The average Bonchev–Trinajstić information content (AvgIpc) is 3.26. The molecule has 19 heteroatoms. The van der Waals surface area contributed by atoms with Crippen molar-refractivity contribution in [2.45, 2.75) is 57.8 Å². The normalized spacial score (nSPS) is 16.6. The maximum atomic E-state index is 14.6. The first kappa shape index (κ1) is 46.9. The monoisotopic (exact) mass is 863 g/mol. The Morgan fingerprint density at radius 2 is 1.52 bits per heavy atom. The van der Waals surface area contributed by atoms with Crippen LogP contribution in [0.3, 0.4) is 0 Å². The summed E-state index contributed by atoms with van der Waals surface area (Å²) in [6.45, 7) is 5.01. The number of nitrogens with two attached hydrogens (primary N) is 3. The number of nitrogens with zero attached hydrogens (tertiary/aromatic N) is 4. The van der Waals surface area contributed by atoms with Crippen molar-refractivity contribution < 1.29 is 38.6 Å². The van der Waals surface area contributed by atoms with E-state index in [1.807, 2.05) is 6.07 Å². The number of rotatable bonds is 15. The molecule has 1 aliphatic rings. The SMILES string of the molecule is Cc1nc(-c2ccc(O)cc2)nc(C)c1C(=O)N[C@@H](CCN)C(=O)N(C)[C@@H]1C(=O)N[C@@H](C)C(=O)N[C@H](C(=O)NCC#N)Cc2ccc(OCCN)c(c2)-c2cc1ccc2OCCN. The largest absolute Gasteiger partial charge is 0.508 e. The van der Waals surface area contributed by atoms with Gasteiger partial charge in [-0.05, 0) is 93.4 Å². The summed E-state index contributed by atoms with van der Waals surface area (Å²) < 4.78 is 12.2. The first-order valence-corrected chi connectivity index (χ1v) is 20.3. The van der Waals surface area contributed by atoms with Crippen LogP contribution in [-0.4, -0.2) is 114 Å². The molecule has 4 atom stereocenters. The lowest BCUT2D eigenvalue weighted by Gasteiger charge is -2.32. The number of hydrogen-bond acceptors (Lipinski definition) is 14. The van der Waals surface area contributed by atoms with Gasteiger partial charge in [0.1, 0.15) is 61.2 Å². The second-order valence-electron chi connectivity index (χ2n) is 14.8. The van der Waals surface area contributed by atoms with Crippen LogP contribution >= 0.6 is 0 Å². The number of fused-ring (bicyclic) bond motifs is 5. The topological polar surface area (TPSA) is 303 Å². The Morgan fingerprint density at radius 1 is 0.905 bits per heavy atom. The van der Waals surface area contributed by atoms with Crippen LogP contribution < -0.4 is 47.9 Å². The van der Waals surface area contributed by atoms with Gasteiger partial charge in [0.05, 0.1) is 23.0 Å². The van der Waals surface area contributed by atoms with Gasteiger partial charge in [-0.2, -0.15) is 5.26 Å². The van der Waals surface area contributed by atoms with Crippen LogP contribution in [0, 0.1) is 25.2 Å². The van der Waals surface area contributed by atoms with E-state index in [9.17, 15) is 29.1 Å². The molecule has 4 bridgehead atoms. The van der Waals surface area contributed by atoms with Gasteiger partial charge in [0.25, 0.3) is 5.91 Å². The molecule has 0 radical (unpaired) electrons. The summed E-state index contributed by atoms with van der Waals surface area (Å²) in [5.74, 6) is -2.29. The lowest BCUT2D eigenvalue weighted by atomic mass is 9.93. The highest BCUT2D eigenvalue weighted by molar-refractivity contribution is 6.00. The van der Waals surface area contributed by atoms with Crippen molar-refractivity contribution in [2.75, 3.05) is 46.4 Å². The highest BCUT2D eigenvalue weighted by atomic mass is 16.5. The van der Waals surface area contributed by atoms with Crippen LogP contribution in [0.5, 0.6) is 17.2 Å². The summed E-state index contributed by atoms with van der Waals surface area (Å²) in [5.41, 5.74) is 20.9. The van der Waals surface area contributed by atoms with E-state index in [0.717, 1.165) is 4.90 Å². The molecule has 0 saturated heterocycles. The highest BCUT2D eigenvalue weighted by Crippen LogP contribution is 2.40. The zero-order chi connectivity index (χ0) is 45.8. The number of nitrogens with one attached hydrogen (secondary N) is 4. The second kappa shape index (κ2) is 21.6. The van der Waals surface area contributed by atoms with E-state index < -0.39 is 53.7 Å². The smallest absolute Gasteiger partial charge is 0.255 e. The standard InChI is InChI=1S/C44H53N11O8/c1-24-37(25(2)51-39(50-24)28-6-9-30(56)10-7-28)42(59)53-33(13-14-45)44(61)55(4)38-29-8-12-36(63-20-17-48)32(23-29)31-21-27(5-11-35(31)62-19-16-47)22-34(41(58)49-18-15-46)54-40(57)26(3)52-43(38)60/h5-12,21,23,26,33-34,38,56H,13-14,16-20,22,45,47-48H2,1-4H3,(H,49,58)(H,52,60)(H,53,59)(H,54,57)/t26-,33-,34-,38-/m0/s1. The van der Waals surface area contributed by atoms with E-state index in [-0.39, 0.29) is 63.5 Å². The summed E-state index contributed by atoms with van der Waals surface area (Å²) in [5, 5.41) is 29.5. The molecule has 4 aromatic rings. The van der Waals surface area contributed by atoms with E-state index in [1.54, 1.807) is 62.4 Å². The number of ether oxygens (including phenoxy) is 2. The number of benzene rings is 3. The van der Waals surface area contributed by atoms with Gasteiger partial charge in [-0.1, -0.05) is 12.1 Å². The first-order chi connectivity index (χ1) is 30.2. The van der Waals surface area contributed by atoms with Crippen molar-refractivity contribution in [2.24, 2.45) is 17.2 Å². The van der Waals surface area contributed by atoms with Gasteiger partial charge in [0, 0.05) is 43.2 Å². The van der Waals surface area contributed by atoms with Crippen molar-refractivity contribution in [3.63, 3.8) is 0 Å². The lowest BCUT2D eigenvalue weighted by Crippen LogP contribution is -2.56. The Labute approximate surface area is 364 Å². The molecule has 3 aromatic carbocycles. The molecule has 11 N–H and O–H groups in total. The number of phenols is 1. The minimum Gasteiger partial charge on any atom is -0.508 e. The van der Waals surface area contributed by atoms with Gasteiger partial charge in [0.15, 0.2) is 5.82 Å². The molecule has 0 saturated carbocycles. The van der Waals surface area contributed by atoms with Gasteiger partial charge in [-0.3, -0.25) is 24.0 Å². The van der Waals surface area contributed by atoms with Crippen LogP contribution in [0.4, 0.5) is 0 Å². The van der Waals surface area contributed by atoms with E-state index >= 15 is 0 Å². The molecule has 2 heterocycles. The minimum absolute atomic E-state index is 0.00559. The molecule has 63 heavy (non-hydrogen) atoms. The Hall–Kier alpha value is -7.14. The van der Waals surface area contributed by atoms with E-state index in [0.29, 0.717) is 56.5 Å². The maximum Gasteiger partial charge on any atom is 0.255 e. The second-order valence-corrected chi connectivity index (χ2v) is 14.8. The Morgan fingerprint density at radius 3 is 2.13 bits per heavy atom. The van der Waals surface area contributed by atoms with E-state index in [1.165, 1.54) is 26.1 Å². The van der Waals surface area contributed by atoms with Crippen LogP contribution in [-0.2, 0) is 25.6 Å². The van der Waals surface area contributed by atoms with Crippen LogP contribution in [0.25, 0.3) is 22.5 Å². The number of amides is 5. The fraction of sp³-hybridized carbons (Fsp3) is 0.364. The molecule has 5 rings (SSSR count). The highest BCUT2D eigenvalue weighted by Gasteiger charge is 2.36. The van der Waals surface area contributed by atoms with Gasteiger partial charge in [-0.15, -0.1) is 0 Å². The zero-order valence-electron chi connectivity index (χ0n) is 35.6. The first-order valence-electron chi connectivity index (χ1n) is 20.3. The molecule has 0 aliphatic carbocycles. The Bertz CT molecular complexity index is 2350. The fourth-order valence-corrected chi connectivity index (χ4v) is 7.14. The molecule has 19 nitrogen and oxygen atoms in total. The van der Waals surface area contributed by atoms with Crippen LogP contribution in [0.2, 0.25) is 0 Å². The lowest BCUT2D eigenvalue weighted by molar-refractivity contribution is -0.141. The number of likely N-dealkylation sites (N-methyl/N-ethyl adjacent to an activating group) is 1. The van der Waals surface area contributed by atoms with Crippen molar-refractivity contribution >= 4 is 29.5 Å². The molecule has 1 aromatic heterocycles. The number of phenolic OH excluding ortho intramolecular Hbond substituents is 1. The molecular weight excluding hydrogens is 811 g/mol. The Kier molecular flexibility index (Phi) is 16.1. The molecule has 1 aliphatic heterocycles. The number of hydrogen-bond donors (Lipinski definition) is 8. The molecule has 5 amide bonds. The number of aromatic nitrogens is 2. The summed E-state index contributed by atoms with van der Waals surface area (Å²) in [4.78, 5) is 80.3. The predicted octanol–water partition coefficient (Wildman–Crippen LogP) is 0.640. The molecule has 0 unspecified atom stereocenters. The van der Waals surface area contributed by atoms with Gasteiger partial charge < -0.3 is 57.9 Å². The van der Waals surface area contributed by atoms with Crippen LogP contribution in [0.1, 0.15) is 52.3 Å². The maximum absolute atomic E-state index is 14.6. The van der Waals surface area contributed by atoms with Crippen molar-refractivity contribution in [3.8, 4) is 45.8 Å². The molecule has 0 spiro atoms. The Balaban J connectivity index is 1.59. The fourth-order valence-electron chi connectivity index (χ4n) is 7.14. The van der Waals surface area contributed by atoms with E-state index in [2.05, 4.69) is 31.2 Å². The van der Waals surface area contributed by atoms with Crippen molar-refractivity contribution in [1.82, 2.24) is 36.1 Å². The van der Waals surface area contributed by atoms with E-state index in [4.69, 9.17) is 31.9 Å². The average molecular weight is 864 g/mol. The number of carbonyl (C=O) groups excluding carboxylic acids is 5. The zero-order valence-corrected chi connectivity index (χ0v) is 35.6. The van der Waals surface area contributed by atoms with Gasteiger partial charge >= 0.3 is 0 Å². The summed E-state index contributed by atoms with van der Waals surface area (Å²) >= 11 is 0. The third-order valence-electron chi connectivity index (χ3n) is 10.2. The quantitative estimate of drug-likeness (QED) is 0.0762. The van der Waals surface area contributed by atoms with Crippen molar-refractivity contribution in [3.05, 3.63) is 88.7 Å². The summed E-state index contributed by atoms with van der Waals surface area (Å²) in [6, 6.07) is 13.2. The number of carbonyl (C=O) groups is 5. The molecular formula is C44H53N11O8. The summed E-state index contributed by atoms with van der Waals surface area (Å²) in [7, 11) is 1.40. The predicted molar refractivity (Wildman–Crippen MR) is 232 cm³/mol. The number of aryl methyl sites for hydroxylation is 2. The van der Waals surface area contributed by atoms with Crippen molar-refractivity contribution in [1.29, 1.82) is 5.26 Å². The van der Waals surface area contributed by atoms with Gasteiger partial charge in [0.2, 0.25) is 23.6 Å². The third kappa shape index (κ3) is 11.4. The van der Waals surface area contributed by atoms with Crippen LogP contribution in [0.15, 0.2) is 60.7 Å². The molecule has 332 valence electrons. The number of nitriles is 1. The molecule has 0 fully saturated rings. The third-order valence-corrected chi connectivity index (χ3v) is 10.2. The number of aromatic hydroxyl groups is 1. The minimum atomic E-state index is -1.42.